The van der Waals surface area contributed by atoms with Gasteiger partial charge in [0.25, 0.3) is 0 Å². The third-order valence-electron chi connectivity index (χ3n) is 2.36. The number of amides is 1. The molecule has 4 heteroatoms. The smallest absolute Gasteiger partial charge is 0.237 e. The second-order valence-corrected chi connectivity index (χ2v) is 3.63. The Morgan fingerprint density at radius 3 is 2.71 bits per heavy atom. The normalized spacial score (nSPS) is 9.65. The van der Waals surface area contributed by atoms with Gasteiger partial charge in [-0.05, 0) is 5.56 Å². The van der Waals surface area contributed by atoms with E-state index in [1.54, 1.807) is 12.0 Å². The Bertz CT molecular complexity index is 384. The number of carbonyl (C=O) groups excluding carboxylic acids is 1. The van der Waals surface area contributed by atoms with Gasteiger partial charge in [0.15, 0.2) is 0 Å². The number of rotatable bonds is 6. The van der Waals surface area contributed by atoms with E-state index >= 15 is 0 Å². The average Bonchev–Trinajstić information content (AvgIpc) is 2.36. The monoisotopic (exact) mass is 232 g/mol. The van der Waals surface area contributed by atoms with Gasteiger partial charge in [-0.1, -0.05) is 30.3 Å². The zero-order chi connectivity index (χ0) is 12.5. The van der Waals surface area contributed by atoms with E-state index in [0.29, 0.717) is 19.7 Å². The number of methoxy groups -OCH3 is 1. The molecular weight excluding hydrogens is 216 g/mol. The molecule has 0 aliphatic heterocycles. The maximum atomic E-state index is 11.7. The Kier molecular flexibility index (Phi) is 5.76. The molecule has 1 rings (SSSR count). The summed E-state index contributed by atoms with van der Waals surface area (Å²) in [7, 11) is 1.59. The molecule has 0 aromatic heterocycles. The van der Waals surface area contributed by atoms with Gasteiger partial charge in [0.05, 0.1) is 12.7 Å². The molecule has 0 saturated carbocycles. The molecule has 90 valence electrons. The van der Waals surface area contributed by atoms with Gasteiger partial charge in [0, 0.05) is 20.2 Å². The lowest BCUT2D eigenvalue weighted by molar-refractivity contribution is -0.131. The number of ether oxygens (including phenoxy) is 1. The van der Waals surface area contributed by atoms with Gasteiger partial charge in [-0.25, -0.2) is 0 Å². The molecule has 0 bridgehead atoms. The van der Waals surface area contributed by atoms with Crippen LogP contribution in [0.3, 0.4) is 0 Å². The van der Waals surface area contributed by atoms with Gasteiger partial charge in [-0.15, -0.1) is 0 Å². The van der Waals surface area contributed by atoms with E-state index in [4.69, 9.17) is 10.00 Å². The summed E-state index contributed by atoms with van der Waals surface area (Å²) in [5.41, 5.74) is 1.05. The zero-order valence-corrected chi connectivity index (χ0v) is 9.93. The lowest BCUT2D eigenvalue weighted by atomic mass is 10.2. The zero-order valence-electron chi connectivity index (χ0n) is 9.93. The molecule has 0 aliphatic rings. The van der Waals surface area contributed by atoms with Crippen LogP contribution in [-0.4, -0.2) is 31.1 Å². The van der Waals surface area contributed by atoms with Crippen LogP contribution in [0.1, 0.15) is 12.0 Å². The second kappa shape index (κ2) is 7.42. The third kappa shape index (κ3) is 4.66. The van der Waals surface area contributed by atoms with E-state index in [-0.39, 0.29) is 12.3 Å². The Balaban J connectivity index is 2.63. The Hall–Kier alpha value is -1.86. The van der Waals surface area contributed by atoms with E-state index in [1.165, 1.54) is 0 Å². The highest BCUT2D eigenvalue weighted by atomic mass is 16.5. The molecule has 0 unspecified atom stereocenters. The topological polar surface area (TPSA) is 53.3 Å². The molecule has 17 heavy (non-hydrogen) atoms. The van der Waals surface area contributed by atoms with Crippen molar-refractivity contribution in [3.63, 3.8) is 0 Å². The van der Waals surface area contributed by atoms with Gasteiger partial charge in [-0.2, -0.15) is 5.26 Å². The minimum atomic E-state index is -0.159. The molecule has 4 nitrogen and oxygen atoms in total. The molecule has 1 aromatic carbocycles. The first kappa shape index (κ1) is 13.2. The highest BCUT2D eigenvalue weighted by molar-refractivity contribution is 5.78. The quantitative estimate of drug-likeness (QED) is 0.748. The predicted molar refractivity (Wildman–Crippen MR) is 64.0 cm³/mol. The first-order valence-electron chi connectivity index (χ1n) is 5.45. The fraction of sp³-hybridized carbons (Fsp3) is 0.385. The molecule has 1 aromatic rings. The first-order chi connectivity index (χ1) is 8.27. The first-order valence-corrected chi connectivity index (χ1v) is 5.45. The van der Waals surface area contributed by atoms with Crippen LogP contribution < -0.4 is 0 Å². The van der Waals surface area contributed by atoms with E-state index in [0.717, 1.165) is 5.56 Å². The van der Waals surface area contributed by atoms with Gasteiger partial charge >= 0.3 is 0 Å². The Morgan fingerprint density at radius 2 is 2.12 bits per heavy atom. The van der Waals surface area contributed by atoms with Gasteiger partial charge in [0.1, 0.15) is 6.42 Å². The lowest BCUT2D eigenvalue weighted by Gasteiger charge is -2.21. The molecule has 0 spiro atoms. The molecule has 0 radical (unpaired) electrons. The molecule has 0 saturated heterocycles. The van der Waals surface area contributed by atoms with E-state index in [9.17, 15) is 4.79 Å². The minimum absolute atomic E-state index is 0.0868. The summed E-state index contributed by atoms with van der Waals surface area (Å²) in [6.45, 7) is 1.50. The van der Waals surface area contributed by atoms with Crippen molar-refractivity contribution in [1.82, 2.24) is 4.90 Å². The van der Waals surface area contributed by atoms with Gasteiger partial charge < -0.3 is 9.64 Å². The molecule has 0 atom stereocenters. The number of benzene rings is 1. The van der Waals surface area contributed by atoms with Crippen molar-refractivity contribution < 1.29 is 9.53 Å². The molecule has 0 N–H and O–H groups in total. The fourth-order valence-corrected chi connectivity index (χ4v) is 1.48. The summed E-state index contributed by atoms with van der Waals surface area (Å²) >= 11 is 0. The number of hydrogen-bond acceptors (Lipinski definition) is 3. The lowest BCUT2D eigenvalue weighted by Crippen LogP contribution is -2.33. The van der Waals surface area contributed by atoms with Crippen LogP contribution in [-0.2, 0) is 16.1 Å². The summed E-state index contributed by atoms with van der Waals surface area (Å²) in [4.78, 5) is 13.3. The van der Waals surface area contributed by atoms with Gasteiger partial charge in [0.2, 0.25) is 5.91 Å². The van der Waals surface area contributed by atoms with Crippen LogP contribution in [0, 0.1) is 11.3 Å². The molecule has 1 amide bonds. The van der Waals surface area contributed by atoms with Crippen LogP contribution in [0.25, 0.3) is 0 Å². The number of nitrogens with zero attached hydrogens (tertiary/aromatic N) is 2. The highest BCUT2D eigenvalue weighted by Gasteiger charge is 2.12. The van der Waals surface area contributed by atoms with E-state index in [2.05, 4.69) is 0 Å². The van der Waals surface area contributed by atoms with Crippen molar-refractivity contribution in [2.24, 2.45) is 0 Å². The average molecular weight is 232 g/mol. The van der Waals surface area contributed by atoms with Crippen molar-refractivity contribution in [2.45, 2.75) is 13.0 Å². The predicted octanol–water partition coefficient (Wildman–Crippen LogP) is 1.58. The maximum absolute atomic E-state index is 11.7. The van der Waals surface area contributed by atoms with Crippen LogP contribution in [0.15, 0.2) is 30.3 Å². The molecular formula is C13H16N2O2. The van der Waals surface area contributed by atoms with Crippen molar-refractivity contribution in [3.8, 4) is 6.07 Å². The van der Waals surface area contributed by atoms with E-state index in [1.807, 2.05) is 36.4 Å². The van der Waals surface area contributed by atoms with Crippen LogP contribution in [0.2, 0.25) is 0 Å². The summed E-state index contributed by atoms with van der Waals surface area (Å²) < 4.78 is 4.96. The molecule has 0 heterocycles. The largest absolute Gasteiger partial charge is 0.383 e. The molecule has 0 aliphatic carbocycles. The SMILES string of the molecule is COCCN(Cc1ccccc1)C(=O)CC#N. The Morgan fingerprint density at radius 1 is 1.41 bits per heavy atom. The highest BCUT2D eigenvalue weighted by Crippen LogP contribution is 2.05. The maximum Gasteiger partial charge on any atom is 0.237 e. The number of nitriles is 1. The Labute approximate surface area is 101 Å². The summed E-state index contributed by atoms with van der Waals surface area (Å²) in [6.07, 6.45) is -0.0868. The van der Waals surface area contributed by atoms with E-state index < -0.39 is 0 Å². The summed E-state index contributed by atoms with van der Waals surface area (Å²) in [5.74, 6) is -0.159. The summed E-state index contributed by atoms with van der Waals surface area (Å²) in [6, 6.07) is 11.6. The fourth-order valence-electron chi connectivity index (χ4n) is 1.48. The summed E-state index contributed by atoms with van der Waals surface area (Å²) in [5, 5.41) is 8.55. The van der Waals surface area contributed by atoms with Crippen LogP contribution in [0.4, 0.5) is 0 Å². The van der Waals surface area contributed by atoms with Crippen molar-refractivity contribution in [1.29, 1.82) is 5.26 Å². The van der Waals surface area contributed by atoms with Crippen molar-refractivity contribution >= 4 is 5.91 Å². The van der Waals surface area contributed by atoms with Crippen LogP contribution in [0.5, 0.6) is 0 Å². The third-order valence-corrected chi connectivity index (χ3v) is 2.36. The van der Waals surface area contributed by atoms with Crippen molar-refractivity contribution in [2.75, 3.05) is 20.3 Å². The molecule has 0 fully saturated rings. The number of carbonyl (C=O) groups is 1. The number of hydrogen-bond donors (Lipinski definition) is 0. The second-order valence-electron chi connectivity index (χ2n) is 3.63. The van der Waals surface area contributed by atoms with Crippen molar-refractivity contribution in [3.05, 3.63) is 35.9 Å². The van der Waals surface area contributed by atoms with Gasteiger partial charge in [-0.3, -0.25) is 4.79 Å². The standard InChI is InChI=1S/C13H16N2O2/c1-17-10-9-15(13(16)7-8-14)11-12-5-3-2-4-6-12/h2-6H,7,9-11H2,1H3. The minimum Gasteiger partial charge on any atom is -0.383 e. The van der Waals surface area contributed by atoms with Crippen LogP contribution >= 0.6 is 0 Å².